The fraction of sp³-hybridized carbons (Fsp3) is 0.560. The summed E-state index contributed by atoms with van der Waals surface area (Å²) >= 11 is 0. The number of aromatic nitrogens is 3. The molecule has 4 N–H and O–H groups in total. The molecule has 0 radical (unpaired) electrons. The molecule has 1 aromatic carbocycles. The van der Waals surface area contributed by atoms with E-state index in [4.69, 9.17) is 5.73 Å². The monoisotopic (exact) mass is 481 g/mol. The lowest BCUT2D eigenvalue weighted by Gasteiger charge is -2.35. The molecule has 35 heavy (non-hydrogen) atoms. The minimum absolute atomic E-state index is 0.0199. The van der Waals surface area contributed by atoms with Crippen molar-refractivity contribution in [2.75, 3.05) is 42.9 Å². The summed E-state index contributed by atoms with van der Waals surface area (Å²) in [7, 11) is 0. The number of nitrogens with zero attached hydrogens (tertiary/aromatic N) is 5. The van der Waals surface area contributed by atoms with Gasteiger partial charge in [0.15, 0.2) is 11.5 Å². The minimum Gasteiger partial charge on any atom is -0.481 e. The Kier molecular flexibility index (Phi) is 7.49. The van der Waals surface area contributed by atoms with Gasteiger partial charge in [-0.25, -0.2) is 0 Å². The first kappa shape index (κ1) is 24.8. The normalized spacial score (nSPS) is 17.8. The zero-order valence-corrected chi connectivity index (χ0v) is 20.5. The van der Waals surface area contributed by atoms with Gasteiger partial charge in [0.1, 0.15) is 0 Å². The molecule has 1 amide bonds. The maximum absolute atomic E-state index is 11.9. The Morgan fingerprint density at radius 1 is 1.06 bits per heavy atom. The van der Waals surface area contributed by atoms with Crippen LogP contribution in [0.3, 0.4) is 0 Å². The number of piperidine rings is 2. The lowest BCUT2D eigenvalue weighted by molar-refractivity contribution is -0.148. The van der Waals surface area contributed by atoms with E-state index in [-0.39, 0.29) is 5.69 Å². The summed E-state index contributed by atoms with van der Waals surface area (Å²) in [5.74, 6) is -0.182. The summed E-state index contributed by atoms with van der Waals surface area (Å²) in [6.45, 7) is 7.63. The number of amides is 1. The molecule has 10 nitrogen and oxygen atoms in total. The average molecular weight is 482 g/mol. The number of benzene rings is 1. The number of carbonyl (C=O) groups is 2. The van der Waals surface area contributed by atoms with Crippen LogP contribution in [-0.2, 0) is 4.79 Å². The molecule has 2 saturated heterocycles. The highest BCUT2D eigenvalue weighted by Crippen LogP contribution is 2.31. The third-order valence-corrected chi connectivity index (χ3v) is 6.98. The third-order valence-electron chi connectivity index (χ3n) is 6.98. The van der Waals surface area contributed by atoms with E-state index in [1.54, 1.807) is 13.8 Å². The van der Waals surface area contributed by atoms with Crippen molar-refractivity contribution < 1.29 is 14.7 Å². The quantitative estimate of drug-likeness (QED) is 0.519. The van der Waals surface area contributed by atoms with Crippen LogP contribution in [0, 0.1) is 5.41 Å². The number of carbonyl (C=O) groups excluding carboxylic acids is 1. The van der Waals surface area contributed by atoms with Crippen molar-refractivity contribution in [3.05, 3.63) is 35.5 Å². The minimum atomic E-state index is -0.760. The summed E-state index contributed by atoms with van der Waals surface area (Å²) in [5, 5.41) is 20.8. The molecular formula is C25H35N7O3. The van der Waals surface area contributed by atoms with Crippen LogP contribution < -0.4 is 16.0 Å². The third kappa shape index (κ3) is 6.05. The summed E-state index contributed by atoms with van der Waals surface area (Å²) in [5.41, 5.74) is 6.83. The second-order valence-electron chi connectivity index (χ2n) is 10.2. The summed E-state index contributed by atoms with van der Waals surface area (Å²) < 4.78 is 0. The predicted octanol–water partition coefficient (Wildman–Crippen LogP) is 2.99. The maximum atomic E-state index is 11.9. The summed E-state index contributed by atoms with van der Waals surface area (Å²) in [6.07, 6.45) is 5.34. The number of hydrogen-bond donors (Lipinski definition) is 3. The largest absolute Gasteiger partial charge is 0.481 e. The first-order valence-electron chi connectivity index (χ1n) is 12.3. The molecule has 0 saturated carbocycles. The smallest absolute Gasteiger partial charge is 0.310 e. The van der Waals surface area contributed by atoms with Crippen molar-refractivity contribution in [1.82, 2.24) is 20.1 Å². The van der Waals surface area contributed by atoms with Crippen LogP contribution in [0.25, 0.3) is 0 Å². The van der Waals surface area contributed by atoms with Crippen LogP contribution in [0.15, 0.2) is 24.3 Å². The van der Waals surface area contributed by atoms with Crippen molar-refractivity contribution >= 4 is 29.3 Å². The summed E-state index contributed by atoms with van der Waals surface area (Å²) in [4.78, 5) is 32.2. The molecule has 4 rings (SSSR count). The Balaban J connectivity index is 1.40. The number of anilines is 3. The first-order valence-corrected chi connectivity index (χ1v) is 12.3. The van der Waals surface area contributed by atoms with Crippen molar-refractivity contribution in [1.29, 1.82) is 0 Å². The summed E-state index contributed by atoms with van der Waals surface area (Å²) in [6, 6.07) is 8.13. The van der Waals surface area contributed by atoms with Gasteiger partial charge in [-0.05, 0) is 82.7 Å². The number of carboxylic acid groups (broad SMARTS) is 1. The van der Waals surface area contributed by atoms with Gasteiger partial charge in [-0.2, -0.15) is 4.98 Å². The van der Waals surface area contributed by atoms with Crippen molar-refractivity contribution in [3.63, 3.8) is 0 Å². The highest BCUT2D eigenvalue weighted by Gasteiger charge is 2.31. The second kappa shape index (κ2) is 10.6. The molecule has 1 aromatic heterocycles. The number of primary amides is 1. The number of carboxylic acids is 1. The van der Waals surface area contributed by atoms with Crippen LogP contribution in [0.1, 0.15) is 67.9 Å². The Hall–Kier alpha value is -3.27. The zero-order valence-electron chi connectivity index (χ0n) is 20.5. The second-order valence-corrected chi connectivity index (χ2v) is 10.2. The first-order chi connectivity index (χ1) is 16.7. The Morgan fingerprint density at radius 2 is 1.71 bits per heavy atom. The Labute approximate surface area is 205 Å². The van der Waals surface area contributed by atoms with Crippen LogP contribution in [0.5, 0.6) is 0 Å². The molecule has 2 aliphatic rings. The van der Waals surface area contributed by atoms with Crippen LogP contribution in [0.2, 0.25) is 0 Å². The SMILES string of the molecule is CC(C)(CN1CCC(c2ccc(Nc3nc(N4CCCCC4)nnc3C(N)=O)cc2)CC1)C(=O)O. The molecule has 2 fully saturated rings. The van der Waals surface area contributed by atoms with Crippen LogP contribution in [-0.4, -0.2) is 69.8 Å². The number of rotatable bonds is 8. The van der Waals surface area contributed by atoms with E-state index in [1.165, 1.54) is 12.0 Å². The molecule has 0 atom stereocenters. The number of likely N-dealkylation sites (tertiary alicyclic amines) is 1. The molecule has 2 aliphatic heterocycles. The Morgan fingerprint density at radius 3 is 2.31 bits per heavy atom. The van der Waals surface area contributed by atoms with E-state index in [9.17, 15) is 14.7 Å². The Bertz CT molecular complexity index is 1040. The van der Waals surface area contributed by atoms with Gasteiger partial charge in [0.05, 0.1) is 5.41 Å². The van der Waals surface area contributed by atoms with Gasteiger partial charge in [-0.15, -0.1) is 10.2 Å². The lowest BCUT2D eigenvalue weighted by atomic mass is 9.87. The number of hydrogen-bond acceptors (Lipinski definition) is 8. The number of nitrogens with one attached hydrogen (secondary N) is 1. The highest BCUT2D eigenvalue weighted by molar-refractivity contribution is 5.96. The highest BCUT2D eigenvalue weighted by atomic mass is 16.4. The van der Waals surface area contributed by atoms with Gasteiger partial charge in [0.2, 0.25) is 5.95 Å². The van der Waals surface area contributed by atoms with Gasteiger partial charge in [0.25, 0.3) is 5.91 Å². The topological polar surface area (TPSA) is 138 Å². The van der Waals surface area contributed by atoms with Gasteiger partial charge < -0.3 is 26.0 Å². The fourth-order valence-electron chi connectivity index (χ4n) is 4.82. The van der Waals surface area contributed by atoms with Gasteiger partial charge >= 0.3 is 5.97 Å². The molecule has 3 heterocycles. The zero-order chi connectivity index (χ0) is 25.0. The van der Waals surface area contributed by atoms with E-state index in [0.29, 0.717) is 24.2 Å². The van der Waals surface area contributed by atoms with E-state index >= 15 is 0 Å². The van der Waals surface area contributed by atoms with E-state index in [2.05, 4.69) is 42.4 Å². The number of nitrogens with two attached hydrogens (primary N) is 1. The van der Waals surface area contributed by atoms with E-state index < -0.39 is 17.3 Å². The molecule has 2 aromatic rings. The predicted molar refractivity (Wildman–Crippen MR) is 134 cm³/mol. The average Bonchev–Trinajstić information content (AvgIpc) is 2.85. The van der Waals surface area contributed by atoms with E-state index in [1.807, 2.05) is 12.1 Å². The molecular weight excluding hydrogens is 446 g/mol. The molecule has 0 spiro atoms. The lowest BCUT2D eigenvalue weighted by Crippen LogP contribution is -2.42. The molecule has 0 unspecified atom stereocenters. The molecule has 188 valence electrons. The molecule has 10 heteroatoms. The van der Waals surface area contributed by atoms with Crippen LogP contribution >= 0.6 is 0 Å². The maximum Gasteiger partial charge on any atom is 0.310 e. The van der Waals surface area contributed by atoms with Crippen molar-refractivity contribution in [2.45, 2.75) is 51.9 Å². The van der Waals surface area contributed by atoms with Gasteiger partial charge in [0, 0.05) is 25.3 Å². The molecule has 0 bridgehead atoms. The standard InChI is InChI=1S/C25H35N7O3/c1-25(2,23(34)35)16-31-14-10-18(11-15-31)17-6-8-19(9-7-17)27-22-20(21(26)33)29-30-24(28-22)32-12-4-3-5-13-32/h6-9,18H,3-5,10-16H2,1-2H3,(H2,26,33)(H,34,35)(H,27,28,30). The van der Waals surface area contributed by atoms with Crippen LogP contribution in [0.4, 0.5) is 17.5 Å². The van der Waals surface area contributed by atoms with Crippen molar-refractivity contribution in [3.8, 4) is 0 Å². The van der Waals surface area contributed by atoms with Gasteiger partial charge in [-0.3, -0.25) is 9.59 Å². The molecule has 0 aliphatic carbocycles. The van der Waals surface area contributed by atoms with Crippen molar-refractivity contribution in [2.24, 2.45) is 11.1 Å². The van der Waals surface area contributed by atoms with Gasteiger partial charge in [-0.1, -0.05) is 12.1 Å². The fourth-order valence-corrected chi connectivity index (χ4v) is 4.82. The number of aliphatic carboxylic acids is 1. The van der Waals surface area contributed by atoms with E-state index in [0.717, 1.165) is 57.5 Å².